The number of carboxylic acid groups (broad SMARTS) is 2. The maximum absolute atomic E-state index is 12.9. The smallest absolute Gasteiger partial charge is 0.364 e. The summed E-state index contributed by atoms with van der Waals surface area (Å²) in [6.45, 7) is -2.52. The Morgan fingerprint density at radius 3 is 1.03 bits per heavy atom. The first-order valence-corrected chi connectivity index (χ1v) is 32.2. The lowest BCUT2D eigenvalue weighted by atomic mass is 9.88. The van der Waals surface area contributed by atoms with E-state index in [2.05, 4.69) is 21.3 Å². The Balaban J connectivity index is 1.06. The van der Waals surface area contributed by atoms with Gasteiger partial charge in [-0.05, 0) is 6.92 Å². The average molecular weight is 1490 g/mol. The summed E-state index contributed by atoms with van der Waals surface area (Å²) in [6.07, 6.45) is -64.7. The Bertz CT molecular complexity index is 2780. The van der Waals surface area contributed by atoms with Crippen molar-refractivity contribution in [3.8, 4) is 0 Å². The van der Waals surface area contributed by atoms with Gasteiger partial charge in [-0.15, -0.1) is 0 Å². The summed E-state index contributed by atoms with van der Waals surface area (Å²) in [6, 6.07) is -6.94. The van der Waals surface area contributed by atoms with Crippen molar-refractivity contribution in [2.24, 2.45) is 0 Å². The number of ether oxygens (including phenoxy) is 13. The average Bonchev–Trinajstić information content (AvgIpc) is 0.750. The van der Waals surface area contributed by atoms with Crippen molar-refractivity contribution < 1.29 is 203 Å². The molecule has 7 fully saturated rings. The van der Waals surface area contributed by atoms with E-state index in [9.17, 15) is 141 Å². The van der Waals surface area contributed by atoms with Crippen LogP contribution in [0, 0.1) is 0 Å². The second kappa shape index (κ2) is 35.9. The molecule has 0 radical (unpaired) electrons. The van der Waals surface area contributed by atoms with Crippen molar-refractivity contribution in [1.82, 2.24) is 21.3 Å². The van der Waals surface area contributed by atoms with Crippen molar-refractivity contribution in [2.75, 3.05) is 46.2 Å². The van der Waals surface area contributed by atoms with Gasteiger partial charge in [-0.3, -0.25) is 19.2 Å². The van der Waals surface area contributed by atoms with Gasteiger partial charge in [-0.1, -0.05) is 0 Å². The molecule has 7 saturated heterocycles. The minimum atomic E-state index is -3.02. The normalized spacial score (nSPS) is 44.6. The number of amides is 4. The number of nitrogens with one attached hydrogen (secondary N) is 4. The number of aliphatic hydroxyl groups is 20. The van der Waals surface area contributed by atoms with Gasteiger partial charge in [0.2, 0.25) is 23.6 Å². The van der Waals surface area contributed by atoms with Crippen LogP contribution in [0.5, 0.6) is 0 Å². The lowest BCUT2D eigenvalue weighted by molar-refractivity contribution is -0.375. The Hall–Kier alpha value is -4.50. The fourth-order valence-electron chi connectivity index (χ4n) is 13.0. The molecule has 35 unspecified atom stereocenters. The summed E-state index contributed by atoms with van der Waals surface area (Å²) in [5.74, 6) is -13.4. The highest BCUT2D eigenvalue weighted by molar-refractivity contribution is 5.77. The molecule has 102 heavy (non-hydrogen) atoms. The molecule has 26 N–H and O–H groups in total. The van der Waals surface area contributed by atoms with E-state index in [-0.39, 0.29) is 0 Å². The predicted octanol–water partition coefficient (Wildman–Crippen LogP) is -16.2. The van der Waals surface area contributed by atoms with Gasteiger partial charge in [0.15, 0.2) is 25.2 Å². The lowest BCUT2D eigenvalue weighted by Crippen LogP contribution is -2.70. The number of carbonyl (C=O) groups excluding carboxylic acids is 4. The first-order chi connectivity index (χ1) is 47.8. The van der Waals surface area contributed by atoms with E-state index in [1.807, 2.05) is 0 Å². The largest absolute Gasteiger partial charge is 0.477 e. The third kappa shape index (κ3) is 18.7. The SMILES string of the molecule is CC(=O)NC1C(OC2C(C)OC(CO)C(OC3OC(CO)C(OC4OC(COC5(C(=O)O)CC(O)C(NC(C)=O)C([C@H](O)C(O)CO)O5)C(O)C(O)C4O)C(O)C3NC(C)=O)C2O)OC(CO)C(OC2OC(COC3(C(=O)O)CC(O)C(NC(C)=O)C([C@H](O)C(O)CO)O3)C(O)C(O)C2O)C1O. The number of aliphatic carboxylic acids is 2. The molecule has 0 aromatic rings. The molecule has 7 aliphatic rings. The van der Waals surface area contributed by atoms with E-state index >= 15 is 0 Å². The Morgan fingerprint density at radius 1 is 0.402 bits per heavy atom. The molecule has 0 bridgehead atoms. The van der Waals surface area contributed by atoms with E-state index in [1.165, 1.54) is 6.92 Å². The molecule has 0 aromatic heterocycles. The third-order valence-electron chi connectivity index (χ3n) is 18.4. The van der Waals surface area contributed by atoms with Crippen molar-refractivity contribution in [1.29, 1.82) is 0 Å². The minimum Gasteiger partial charge on any atom is -0.477 e. The van der Waals surface area contributed by atoms with Gasteiger partial charge in [0.05, 0.1) is 76.6 Å². The highest BCUT2D eigenvalue weighted by atomic mass is 16.8. The second-order valence-electron chi connectivity index (χ2n) is 25.7. The van der Waals surface area contributed by atoms with Crippen molar-refractivity contribution in [3.05, 3.63) is 0 Å². The van der Waals surface area contributed by atoms with Gasteiger partial charge in [0.25, 0.3) is 11.6 Å². The summed E-state index contributed by atoms with van der Waals surface area (Å²) in [7, 11) is 0. The van der Waals surface area contributed by atoms with Crippen LogP contribution < -0.4 is 21.3 Å². The molecule has 4 amide bonds. The molecule has 0 spiro atoms. The fourth-order valence-corrected chi connectivity index (χ4v) is 13.0. The van der Waals surface area contributed by atoms with E-state index in [0.717, 1.165) is 27.7 Å². The van der Waals surface area contributed by atoms with E-state index < -0.39 is 320 Å². The Labute approximate surface area is 577 Å². The van der Waals surface area contributed by atoms with Gasteiger partial charge in [0, 0.05) is 40.5 Å². The minimum absolute atomic E-state index is 0.806. The van der Waals surface area contributed by atoms with Gasteiger partial charge in [-0.25, -0.2) is 9.59 Å². The van der Waals surface area contributed by atoms with Crippen LogP contribution in [0.25, 0.3) is 0 Å². The maximum Gasteiger partial charge on any atom is 0.364 e. The van der Waals surface area contributed by atoms with Crippen LogP contribution in [0.15, 0.2) is 0 Å². The summed E-state index contributed by atoms with van der Waals surface area (Å²) in [4.78, 5) is 75.5. The van der Waals surface area contributed by atoms with Crippen molar-refractivity contribution in [3.63, 3.8) is 0 Å². The maximum atomic E-state index is 12.9. The zero-order valence-corrected chi connectivity index (χ0v) is 55.2. The predicted molar refractivity (Wildman–Crippen MR) is 316 cm³/mol. The summed E-state index contributed by atoms with van der Waals surface area (Å²) in [5, 5.41) is 248. The number of hydrogen-bond acceptors (Lipinski definition) is 39. The molecule has 7 heterocycles. The molecule has 0 aliphatic carbocycles. The summed E-state index contributed by atoms with van der Waals surface area (Å²) >= 11 is 0. The van der Waals surface area contributed by atoms with E-state index in [1.54, 1.807) is 0 Å². The molecule has 45 heteroatoms. The molecule has 588 valence electrons. The summed E-state index contributed by atoms with van der Waals surface area (Å²) < 4.78 is 75.9. The Morgan fingerprint density at radius 2 is 0.706 bits per heavy atom. The number of carbonyl (C=O) groups is 6. The van der Waals surface area contributed by atoms with Crippen LogP contribution in [-0.4, -0.2) is 420 Å². The highest BCUT2D eigenvalue weighted by Gasteiger charge is 2.62. The first-order valence-electron chi connectivity index (χ1n) is 32.2. The molecular weight excluding hydrogens is 1400 g/mol. The van der Waals surface area contributed by atoms with E-state index in [0.29, 0.717) is 0 Å². The van der Waals surface area contributed by atoms with Crippen LogP contribution in [0.3, 0.4) is 0 Å². The lowest BCUT2D eigenvalue weighted by Gasteiger charge is -2.51. The highest BCUT2D eigenvalue weighted by Crippen LogP contribution is 2.40. The molecule has 0 aromatic carbocycles. The molecule has 45 nitrogen and oxygen atoms in total. The zero-order chi connectivity index (χ0) is 76.1. The first kappa shape index (κ1) is 84.8. The molecule has 0 saturated carbocycles. The summed E-state index contributed by atoms with van der Waals surface area (Å²) in [5.41, 5.74) is 0. The molecule has 7 rings (SSSR count). The molecular formula is C57H94N4O41. The van der Waals surface area contributed by atoms with Crippen LogP contribution >= 0.6 is 0 Å². The van der Waals surface area contributed by atoms with E-state index in [4.69, 9.17) is 61.6 Å². The second-order valence-corrected chi connectivity index (χ2v) is 25.7. The van der Waals surface area contributed by atoms with Crippen LogP contribution in [-0.2, 0) is 90.3 Å². The number of aliphatic hydroxyl groups excluding tert-OH is 20. The van der Waals surface area contributed by atoms with Crippen LogP contribution in [0.1, 0.15) is 47.5 Å². The number of hydrogen-bond donors (Lipinski definition) is 26. The van der Waals surface area contributed by atoms with Gasteiger partial charge in [0.1, 0.15) is 159 Å². The quantitative estimate of drug-likeness (QED) is 0.0331. The van der Waals surface area contributed by atoms with Crippen LogP contribution in [0.4, 0.5) is 0 Å². The standard InChI is InChI=1S/C57H94N4O41/c1-15-44(97-50-31(60-18(4)69)37(79)45(25(11-65)93-50)99-52-41(83)39(81)35(77)27(95-52)13-90-56(54(86)87)6-20(71)29(58-16(2)67)48(101-56)33(75)22(73)8-62)43(85)47(24(10-64)92-15)98-51-32(61-19(5)70)38(80)46(26(12-66)94-51)100-53-42(84)40(82)36(78)28(96-53)14-91-57(55(88)89)7-21(72)30(59-17(3)68)49(102-57)34(76)23(74)9-63/h15,20-53,62-66,71-85H,6-14H2,1-5H3,(H,58,67)(H,59,68)(H,60,69)(H,61,70)(H,86,87)(H,88,89)/t15?,20?,21?,22?,23?,24?,25?,26?,27?,28?,29?,30?,31?,32?,33-,34-,35?,36?,37?,38?,39?,40?,41?,42?,43?,44?,45?,46?,47?,48?,49?,50?,51?,52?,53?,56?,57?/m1/s1. The van der Waals surface area contributed by atoms with Gasteiger partial charge in [-0.2, -0.15) is 0 Å². The fraction of sp³-hybridized carbons (Fsp3) is 0.895. The zero-order valence-electron chi connectivity index (χ0n) is 55.2. The monoisotopic (exact) mass is 1490 g/mol. The molecule has 7 aliphatic heterocycles. The number of carboxylic acids is 2. The van der Waals surface area contributed by atoms with Crippen molar-refractivity contribution in [2.45, 2.75) is 273 Å². The third-order valence-corrected chi connectivity index (χ3v) is 18.4. The Kier molecular flexibility index (Phi) is 29.9. The topological polar surface area (TPSA) is 716 Å². The number of rotatable bonds is 29. The van der Waals surface area contributed by atoms with Gasteiger partial charge < -0.3 is 195 Å². The van der Waals surface area contributed by atoms with Gasteiger partial charge >= 0.3 is 11.9 Å². The van der Waals surface area contributed by atoms with Crippen LogP contribution in [0.2, 0.25) is 0 Å². The van der Waals surface area contributed by atoms with Crippen molar-refractivity contribution >= 4 is 35.6 Å². The molecule has 37 atom stereocenters.